The van der Waals surface area contributed by atoms with Crippen LogP contribution in [0.15, 0.2) is 0 Å². The molecule has 1 rings (SSSR count). The topological polar surface area (TPSA) is 46.6 Å². The quantitative estimate of drug-likeness (QED) is 0.652. The highest BCUT2D eigenvalue weighted by molar-refractivity contribution is 7.90. The van der Waals surface area contributed by atoms with Gasteiger partial charge in [0, 0.05) is 25.9 Å². The second-order valence-corrected chi connectivity index (χ2v) is 6.48. The Morgan fingerprint density at radius 1 is 1.57 bits per heavy atom. The van der Waals surface area contributed by atoms with E-state index >= 15 is 0 Å². The average molecular weight is 242 g/mol. The van der Waals surface area contributed by atoms with Crippen LogP contribution in [0.4, 0.5) is 0 Å². The number of hydrogen-bond donors (Lipinski definition) is 0. The molecule has 0 aromatic heterocycles. The van der Waals surface area contributed by atoms with E-state index in [4.69, 9.17) is 16.3 Å². The van der Waals surface area contributed by atoms with Gasteiger partial charge in [-0.2, -0.15) is 0 Å². The van der Waals surface area contributed by atoms with Gasteiger partial charge in [0.1, 0.15) is 9.84 Å². The first-order valence-corrected chi connectivity index (χ1v) is 7.09. The summed E-state index contributed by atoms with van der Waals surface area (Å²) in [6, 6.07) is 0. The van der Waals surface area contributed by atoms with Crippen LogP contribution in [0, 0.1) is 0 Å². The summed E-state index contributed by atoms with van der Waals surface area (Å²) in [6.07, 6.45) is 1.25. The van der Waals surface area contributed by atoms with E-state index in [1.165, 1.54) is 6.26 Å². The minimum Gasteiger partial charge on any atom is -0.379 e. The van der Waals surface area contributed by atoms with E-state index in [0.717, 1.165) is 6.54 Å². The Morgan fingerprint density at radius 2 is 2.29 bits per heavy atom. The minimum absolute atomic E-state index is 0.0305. The molecule has 1 atom stereocenters. The van der Waals surface area contributed by atoms with Gasteiger partial charge >= 0.3 is 0 Å². The van der Waals surface area contributed by atoms with Crippen molar-refractivity contribution < 1.29 is 13.2 Å². The molecule has 1 heterocycles. The van der Waals surface area contributed by atoms with E-state index in [2.05, 4.69) is 0 Å². The van der Waals surface area contributed by atoms with Crippen LogP contribution in [-0.2, 0) is 14.6 Å². The van der Waals surface area contributed by atoms with E-state index in [-0.39, 0.29) is 11.1 Å². The zero-order chi connectivity index (χ0) is 10.6. The molecule has 1 saturated heterocycles. The summed E-state index contributed by atoms with van der Waals surface area (Å²) >= 11 is 5.95. The van der Waals surface area contributed by atoms with E-state index < -0.39 is 9.84 Å². The van der Waals surface area contributed by atoms with Crippen LogP contribution in [0.1, 0.15) is 0 Å². The van der Waals surface area contributed by atoms with E-state index in [1.54, 1.807) is 0 Å². The fourth-order valence-electron chi connectivity index (χ4n) is 1.33. The third kappa shape index (κ3) is 5.14. The van der Waals surface area contributed by atoms with Crippen molar-refractivity contribution >= 4 is 21.4 Å². The Hall–Kier alpha value is 0.160. The van der Waals surface area contributed by atoms with Crippen molar-refractivity contribution in [3.63, 3.8) is 0 Å². The van der Waals surface area contributed by atoms with Gasteiger partial charge in [0.2, 0.25) is 0 Å². The second-order valence-electron chi connectivity index (χ2n) is 3.60. The number of alkyl halides is 1. The molecule has 1 aliphatic heterocycles. The minimum atomic E-state index is -2.88. The zero-order valence-corrected chi connectivity index (χ0v) is 9.85. The van der Waals surface area contributed by atoms with Crippen molar-refractivity contribution in [3.05, 3.63) is 0 Å². The van der Waals surface area contributed by atoms with E-state index in [0.29, 0.717) is 26.3 Å². The van der Waals surface area contributed by atoms with Gasteiger partial charge in [-0.15, -0.1) is 11.6 Å². The first-order valence-electron chi connectivity index (χ1n) is 4.59. The van der Waals surface area contributed by atoms with Crippen molar-refractivity contribution in [2.45, 2.75) is 5.38 Å². The molecule has 0 spiro atoms. The lowest BCUT2D eigenvalue weighted by Crippen LogP contribution is -2.34. The molecule has 0 saturated carbocycles. The molecule has 4 nitrogen and oxygen atoms in total. The summed E-state index contributed by atoms with van der Waals surface area (Å²) in [7, 11) is -2.88. The SMILES string of the molecule is CS(=O)(=O)CCN1CCOCC(Cl)C1. The fraction of sp³-hybridized carbons (Fsp3) is 1.00. The molecule has 6 heteroatoms. The molecule has 0 aliphatic carbocycles. The molecule has 0 aromatic rings. The predicted octanol–water partition coefficient (Wildman–Crippen LogP) is -0.0294. The first-order chi connectivity index (χ1) is 6.47. The van der Waals surface area contributed by atoms with Gasteiger partial charge in [0.25, 0.3) is 0 Å². The number of hydrogen-bond acceptors (Lipinski definition) is 4. The third-order valence-corrected chi connectivity index (χ3v) is 3.27. The van der Waals surface area contributed by atoms with Gasteiger partial charge in [-0.05, 0) is 0 Å². The van der Waals surface area contributed by atoms with Gasteiger partial charge in [0.05, 0.1) is 24.3 Å². The maximum absolute atomic E-state index is 11.0. The summed E-state index contributed by atoms with van der Waals surface area (Å²) in [5.41, 5.74) is 0. The highest BCUT2D eigenvalue weighted by atomic mass is 35.5. The Bertz CT molecular complexity index is 268. The van der Waals surface area contributed by atoms with E-state index in [1.807, 2.05) is 4.90 Å². The second kappa shape index (κ2) is 5.30. The van der Waals surface area contributed by atoms with Crippen LogP contribution in [0.2, 0.25) is 0 Å². The van der Waals surface area contributed by atoms with Crippen LogP contribution in [0.5, 0.6) is 0 Å². The average Bonchev–Trinajstić information content (AvgIpc) is 2.25. The molecule has 1 unspecified atom stereocenters. The van der Waals surface area contributed by atoms with Crippen molar-refractivity contribution in [1.29, 1.82) is 0 Å². The lowest BCUT2D eigenvalue weighted by Gasteiger charge is -2.19. The monoisotopic (exact) mass is 241 g/mol. The highest BCUT2D eigenvalue weighted by Gasteiger charge is 2.17. The van der Waals surface area contributed by atoms with Gasteiger partial charge < -0.3 is 4.74 Å². The number of sulfone groups is 1. The summed E-state index contributed by atoms with van der Waals surface area (Å²) in [5, 5.41) is -0.0305. The Morgan fingerprint density at radius 3 is 2.93 bits per heavy atom. The number of rotatable bonds is 3. The standard InChI is InChI=1S/C8H16ClNO3S/c1-14(11,12)5-3-10-2-4-13-7-8(9)6-10/h8H,2-7H2,1H3. The lowest BCUT2D eigenvalue weighted by atomic mass is 10.4. The van der Waals surface area contributed by atoms with Gasteiger partial charge in [-0.3, -0.25) is 4.90 Å². The van der Waals surface area contributed by atoms with Crippen LogP contribution >= 0.6 is 11.6 Å². The summed E-state index contributed by atoms with van der Waals surface area (Å²) in [4.78, 5) is 2.03. The number of nitrogens with zero attached hydrogens (tertiary/aromatic N) is 1. The normalized spacial score (nSPS) is 26.0. The zero-order valence-electron chi connectivity index (χ0n) is 8.28. The maximum atomic E-state index is 11.0. The van der Waals surface area contributed by atoms with Crippen molar-refractivity contribution in [2.75, 3.05) is 44.9 Å². The Labute approximate surface area is 90.1 Å². The molecule has 0 amide bonds. The van der Waals surface area contributed by atoms with Gasteiger partial charge in [0.15, 0.2) is 0 Å². The maximum Gasteiger partial charge on any atom is 0.148 e. The molecular weight excluding hydrogens is 226 g/mol. The summed E-state index contributed by atoms with van der Waals surface area (Å²) < 4.78 is 27.1. The first kappa shape index (κ1) is 12.2. The molecule has 1 aliphatic rings. The van der Waals surface area contributed by atoms with E-state index in [9.17, 15) is 8.42 Å². The third-order valence-electron chi connectivity index (χ3n) is 2.09. The van der Waals surface area contributed by atoms with Crippen LogP contribution in [0.25, 0.3) is 0 Å². The summed E-state index contributed by atoms with van der Waals surface area (Å²) in [5.74, 6) is 0.191. The van der Waals surface area contributed by atoms with Crippen molar-refractivity contribution in [1.82, 2.24) is 4.90 Å². The molecule has 0 bridgehead atoms. The molecule has 0 N–H and O–H groups in total. The molecular formula is C8H16ClNO3S. The molecule has 84 valence electrons. The van der Waals surface area contributed by atoms with Crippen molar-refractivity contribution in [3.8, 4) is 0 Å². The molecule has 0 aromatic carbocycles. The van der Waals surface area contributed by atoms with Crippen molar-refractivity contribution in [2.24, 2.45) is 0 Å². The smallest absolute Gasteiger partial charge is 0.148 e. The van der Waals surface area contributed by atoms with Gasteiger partial charge in [-0.25, -0.2) is 8.42 Å². The molecule has 1 fully saturated rings. The predicted molar refractivity (Wildman–Crippen MR) is 56.6 cm³/mol. The highest BCUT2D eigenvalue weighted by Crippen LogP contribution is 2.05. The number of halogens is 1. The van der Waals surface area contributed by atoms with Crippen LogP contribution < -0.4 is 0 Å². The lowest BCUT2D eigenvalue weighted by molar-refractivity contribution is 0.143. The summed E-state index contributed by atoms with van der Waals surface area (Å²) in [6.45, 7) is 3.20. The van der Waals surface area contributed by atoms with Crippen LogP contribution in [0.3, 0.4) is 0 Å². The fourth-order valence-corrected chi connectivity index (χ4v) is 2.20. The molecule has 14 heavy (non-hydrogen) atoms. The largest absolute Gasteiger partial charge is 0.379 e. The number of ether oxygens (including phenoxy) is 1. The van der Waals surface area contributed by atoms with Crippen LogP contribution in [-0.4, -0.2) is 63.6 Å². The Kier molecular flexibility index (Phi) is 4.63. The molecule has 0 radical (unpaired) electrons. The van der Waals surface area contributed by atoms with Gasteiger partial charge in [-0.1, -0.05) is 0 Å². The Balaban J connectivity index is 2.35.